The summed E-state index contributed by atoms with van der Waals surface area (Å²) in [5.74, 6) is 4.95. The van der Waals surface area contributed by atoms with Gasteiger partial charge >= 0.3 is 0 Å². The molecule has 0 radical (unpaired) electrons. The predicted molar refractivity (Wildman–Crippen MR) is 126 cm³/mol. The molecule has 0 amide bonds. The molecule has 0 aromatic heterocycles. The van der Waals surface area contributed by atoms with Crippen LogP contribution >= 0.6 is 0 Å². The lowest BCUT2D eigenvalue weighted by Crippen LogP contribution is -2.49. The van der Waals surface area contributed by atoms with E-state index in [9.17, 15) is 9.18 Å². The fraction of sp³-hybridized carbons (Fsp3) is 0.741. The van der Waals surface area contributed by atoms with Crippen molar-refractivity contribution in [3.05, 3.63) is 24.1 Å². The van der Waals surface area contributed by atoms with Crippen molar-refractivity contribution in [2.45, 2.75) is 71.6 Å². The number of rotatable bonds is 4. The SMILES string of the molecule is CC1CCC2C(CCC3C2CCC2(C)C(C(=O)CN/N=C4/C=CC=C(F)C4=N)CCC32)C1. The first-order valence-electron chi connectivity index (χ1n) is 12.8. The van der Waals surface area contributed by atoms with Crippen LogP contribution in [0.1, 0.15) is 71.6 Å². The van der Waals surface area contributed by atoms with Crippen LogP contribution in [0.4, 0.5) is 4.39 Å². The van der Waals surface area contributed by atoms with Crippen molar-refractivity contribution in [2.24, 2.45) is 51.9 Å². The highest BCUT2D eigenvalue weighted by Gasteiger charge is 2.58. The summed E-state index contributed by atoms with van der Waals surface area (Å²) >= 11 is 0. The number of hydrazone groups is 1. The Bertz CT molecular complexity index is 876. The molecule has 0 aliphatic heterocycles. The number of fused-ring (bicyclic) bond motifs is 5. The maximum Gasteiger partial charge on any atom is 0.157 e. The van der Waals surface area contributed by atoms with Gasteiger partial charge in [-0.3, -0.25) is 10.2 Å². The number of carbonyl (C=O) groups is 1. The topological polar surface area (TPSA) is 65.3 Å². The van der Waals surface area contributed by atoms with Gasteiger partial charge < -0.3 is 5.43 Å². The molecule has 5 heteroatoms. The summed E-state index contributed by atoms with van der Waals surface area (Å²) in [6, 6.07) is 0. The molecular weight excluding hydrogens is 401 g/mol. The number of Topliss-reactive ketones (excluding diaryl/α,β-unsaturated/α-hetero) is 1. The minimum absolute atomic E-state index is 0.100. The van der Waals surface area contributed by atoms with Crippen LogP contribution in [0, 0.1) is 52.2 Å². The Morgan fingerprint density at radius 2 is 1.97 bits per heavy atom. The highest BCUT2D eigenvalue weighted by molar-refractivity contribution is 6.51. The Kier molecular flexibility index (Phi) is 5.88. The fourth-order valence-electron chi connectivity index (χ4n) is 8.55. The Labute approximate surface area is 191 Å². The molecule has 0 saturated heterocycles. The van der Waals surface area contributed by atoms with E-state index in [0.29, 0.717) is 5.92 Å². The molecule has 0 spiro atoms. The minimum Gasteiger partial charge on any atom is -0.302 e. The molecule has 32 heavy (non-hydrogen) atoms. The Morgan fingerprint density at radius 3 is 2.81 bits per heavy atom. The second kappa shape index (κ2) is 8.53. The number of carbonyl (C=O) groups excluding carboxylic acids is 1. The summed E-state index contributed by atoms with van der Waals surface area (Å²) < 4.78 is 13.6. The van der Waals surface area contributed by atoms with Crippen LogP contribution in [-0.4, -0.2) is 23.8 Å². The molecule has 8 unspecified atom stereocenters. The van der Waals surface area contributed by atoms with Gasteiger partial charge in [0.15, 0.2) is 5.78 Å². The molecule has 174 valence electrons. The smallest absolute Gasteiger partial charge is 0.157 e. The zero-order valence-corrected chi connectivity index (χ0v) is 19.6. The molecule has 4 saturated carbocycles. The Balaban J connectivity index is 1.23. The summed E-state index contributed by atoms with van der Waals surface area (Å²) in [6.07, 6.45) is 16.1. The quantitative estimate of drug-likeness (QED) is 0.426. The number of nitrogens with one attached hydrogen (secondary N) is 2. The average Bonchev–Trinajstić information content (AvgIpc) is 3.13. The molecule has 5 aliphatic rings. The molecule has 8 atom stereocenters. The number of hydrogen-bond acceptors (Lipinski definition) is 4. The van der Waals surface area contributed by atoms with Gasteiger partial charge in [-0.05, 0) is 104 Å². The van der Waals surface area contributed by atoms with E-state index in [-0.39, 0.29) is 35.1 Å². The third-order valence-corrected chi connectivity index (χ3v) is 10.0. The van der Waals surface area contributed by atoms with Crippen molar-refractivity contribution in [1.29, 1.82) is 5.41 Å². The largest absolute Gasteiger partial charge is 0.302 e. The molecule has 4 nitrogen and oxygen atoms in total. The summed E-state index contributed by atoms with van der Waals surface area (Å²) in [4.78, 5) is 13.2. The fourth-order valence-corrected chi connectivity index (χ4v) is 8.55. The van der Waals surface area contributed by atoms with Gasteiger partial charge in [-0.1, -0.05) is 26.3 Å². The third kappa shape index (κ3) is 3.70. The first-order valence-corrected chi connectivity index (χ1v) is 12.8. The van der Waals surface area contributed by atoms with Gasteiger partial charge in [-0.25, -0.2) is 4.39 Å². The molecule has 0 aromatic carbocycles. The van der Waals surface area contributed by atoms with Crippen molar-refractivity contribution in [3.8, 4) is 0 Å². The average molecular weight is 440 g/mol. The van der Waals surface area contributed by atoms with Crippen LogP contribution in [0.5, 0.6) is 0 Å². The van der Waals surface area contributed by atoms with E-state index in [0.717, 1.165) is 36.0 Å². The number of hydrogen-bond donors (Lipinski definition) is 2. The predicted octanol–water partition coefficient (Wildman–Crippen LogP) is 5.85. The monoisotopic (exact) mass is 439 g/mol. The number of ketones is 1. The normalized spacial score (nSPS) is 44.5. The van der Waals surface area contributed by atoms with Gasteiger partial charge in [-0.15, -0.1) is 0 Å². The Morgan fingerprint density at radius 1 is 1.16 bits per heavy atom. The van der Waals surface area contributed by atoms with Crippen molar-refractivity contribution < 1.29 is 9.18 Å². The molecule has 4 fully saturated rings. The van der Waals surface area contributed by atoms with Crippen molar-refractivity contribution in [2.75, 3.05) is 6.54 Å². The zero-order chi connectivity index (χ0) is 22.5. The molecule has 0 aromatic rings. The maximum absolute atomic E-state index is 13.6. The lowest BCUT2D eigenvalue weighted by Gasteiger charge is -2.56. The second-order valence-electron chi connectivity index (χ2n) is 11.6. The van der Waals surface area contributed by atoms with Crippen LogP contribution < -0.4 is 5.43 Å². The molecule has 5 rings (SSSR count). The molecule has 2 N–H and O–H groups in total. The van der Waals surface area contributed by atoms with E-state index in [1.54, 1.807) is 12.2 Å². The van der Waals surface area contributed by atoms with E-state index in [1.165, 1.54) is 57.4 Å². The zero-order valence-electron chi connectivity index (χ0n) is 19.6. The van der Waals surface area contributed by atoms with E-state index < -0.39 is 5.83 Å². The molecule has 0 bridgehead atoms. The van der Waals surface area contributed by atoms with E-state index in [1.807, 2.05) is 0 Å². The minimum atomic E-state index is -0.593. The lowest BCUT2D eigenvalue weighted by molar-refractivity contribution is -0.129. The molecular formula is C27H38FN3O. The third-order valence-electron chi connectivity index (χ3n) is 10.0. The second-order valence-corrected chi connectivity index (χ2v) is 11.6. The van der Waals surface area contributed by atoms with E-state index in [2.05, 4.69) is 24.4 Å². The van der Waals surface area contributed by atoms with Crippen LogP contribution in [0.15, 0.2) is 29.2 Å². The van der Waals surface area contributed by atoms with Gasteiger partial charge in [0.1, 0.15) is 17.3 Å². The maximum atomic E-state index is 13.6. The van der Waals surface area contributed by atoms with Gasteiger partial charge in [0, 0.05) is 5.92 Å². The summed E-state index contributed by atoms with van der Waals surface area (Å²) in [6.45, 7) is 5.00. The van der Waals surface area contributed by atoms with Crippen LogP contribution in [0.25, 0.3) is 0 Å². The first kappa shape index (κ1) is 22.0. The number of allylic oxidation sites excluding steroid dienone is 4. The van der Waals surface area contributed by atoms with E-state index >= 15 is 0 Å². The Hall–Kier alpha value is -1.78. The van der Waals surface area contributed by atoms with Gasteiger partial charge in [0.05, 0.1) is 6.54 Å². The van der Waals surface area contributed by atoms with Gasteiger partial charge in [0.25, 0.3) is 0 Å². The van der Waals surface area contributed by atoms with Gasteiger partial charge in [0.2, 0.25) is 0 Å². The van der Waals surface area contributed by atoms with Crippen LogP contribution in [0.3, 0.4) is 0 Å². The first-order chi connectivity index (χ1) is 15.4. The summed E-state index contributed by atoms with van der Waals surface area (Å²) in [5, 5.41) is 11.9. The lowest BCUT2D eigenvalue weighted by atomic mass is 9.49. The summed E-state index contributed by atoms with van der Waals surface area (Å²) in [5.41, 5.74) is 2.98. The van der Waals surface area contributed by atoms with Crippen molar-refractivity contribution >= 4 is 17.2 Å². The van der Waals surface area contributed by atoms with Crippen molar-refractivity contribution in [3.63, 3.8) is 0 Å². The number of halogens is 1. The van der Waals surface area contributed by atoms with E-state index in [4.69, 9.17) is 5.41 Å². The highest BCUT2D eigenvalue weighted by atomic mass is 19.1. The van der Waals surface area contributed by atoms with Crippen LogP contribution in [0.2, 0.25) is 0 Å². The molecule has 0 heterocycles. The van der Waals surface area contributed by atoms with Gasteiger partial charge in [-0.2, -0.15) is 5.10 Å². The molecule has 5 aliphatic carbocycles. The van der Waals surface area contributed by atoms with Crippen LogP contribution in [-0.2, 0) is 4.79 Å². The van der Waals surface area contributed by atoms with Crippen molar-refractivity contribution in [1.82, 2.24) is 5.43 Å². The standard InChI is InChI=1S/C27H38FN3O/c1-16-6-8-18-17(14-16)7-9-20-19(18)12-13-27(2)21(20)10-11-22(27)25(32)15-30-31-24-5-3-4-23(28)26(24)29/h3-5,16-22,29-30H,6-15H2,1-2H3/b29-26?,31-24-. The summed E-state index contributed by atoms with van der Waals surface area (Å²) in [7, 11) is 0. The highest BCUT2D eigenvalue weighted by Crippen LogP contribution is 2.64. The number of nitrogens with zero attached hydrogens (tertiary/aromatic N) is 1.